The molecule has 0 bridgehead atoms. The summed E-state index contributed by atoms with van der Waals surface area (Å²) in [7, 11) is 3.11. The molecule has 0 atom stereocenters. The van der Waals surface area contributed by atoms with Gasteiger partial charge in [0, 0.05) is 25.2 Å². The van der Waals surface area contributed by atoms with Crippen LogP contribution >= 0.6 is 0 Å². The lowest BCUT2D eigenvalue weighted by Gasteiger charge is -2.06. The Kier molecular flexibility index (Phi) is 9.02. The van der Waals surface area contributed by atoms with Gasteiger partial charge in [-0.2, -0.15) is 0 Å². The number of hydrogen-bond donors (Lipinski definition) is 2. The summed E-state index contributed by atoms with van der Waals surface area (Å²) in [6.45, 7) is 5.16. The topological polar surface area (TPSA) is 84.5 Å². The molecule has 0 unspecified atom stereocenters. The van der Waals surface area contributed by atoms with Crippen molar-refractivity contribution >= 4 is 17.6 Å². The Morgan fingerprint density at radius 1 is 0.926 bits per heavy atom. The van der Waals surface area contributed by atoms with E-state index in [-0.39, 0.29) is 24.2 Å². The summed E-state index contributed by atoms with van der Waals surface area (Å²) < 4.78 is 5.29. The van der Waals surface area contributed by atoms with Gasteiger partial charge in [0.1, 0.15) is 5.75 Å². The van der Waals surface area contributed by atoms with Gasteiger partial charge in [0.25, 0.3) is 5.91 Å². The van der Waals surface area contributed by atoms with Gasteiger partial charge < -0.3 is 15.4 Å². The molecule has 0 spiro atoms. The summed E-state index contributed by atoms with van der Waals surface area (Å²) in [6.07, 6.45) is 1.22. The second-order valence-corrected chi connectivity index (χ2v) is 5.50. The number of nitrogens with one attached hydrogen (secondary N) is 2. The van der Waals surface area contributed by atoms with Crippen molar-refractivity contribution in [1.82, 2.24) is 10.6 Å². The molecular weight excluding hydrogens is 344 g/mol. The number of ether oxygens (including phenoxy) is 1. The summed E-state index contributed by atoms with van der Waals surface area (Å²) in [5.74, 6) is 0.178. The van der Waals surface area contributed by atoms with Crippen LogP contribution in [0, 0.1) is 6.92 Å². The Labute approximate surface area is 159 Å². The Morgan fingerprint density at radius 2 is 1.44 bits per heavy atom. The standard InChI is InChI=1S/C17H17NO3.C4H7NO/c1-12-3-5-13(6-4-12)17(20)14-7-9-15(10-8-14)21-11-16(19)18-2;1-3-4(6)5-2/h3-10H,11H2,1-2H3,(H,18,19);3H,1H2,2H3,(H,5,6). The Bertz CT molecular complexity index is 781. The van der Waals surface area contributed by atoms with Gasteiger partial charge in [-0.3, -0.25) is 14.4 Å². The van der Waals surface area contributed by atoms with Crippen molar-refractivity contribution < 1.29 is 19.1 Å². The van der Waals surface area contributed by atoms with E-state index < -0.39 is 0 Å². The van der Waals surface area contributed by atoms with Crippen molar-refractivity contribution in [3.8, 4) is 5.75 Å². The highest BCUT2D eigenvalue weighted by Gasteiger charge is 2.09. The van der Waals surface area contributed by atoms with Crippen molar-refractivity contribution in [3.63, 3.8) is 0 Å². The first kappa shape index (κ1) is 21.6. The molecule has 0 heterocycles. The number of ketones is 1. The minimum atomic E-state index is -0.199. The maximum absolute atomic E-state index is 12.3. The number of benzene rings is 2. The van der Waals surface area contributed by atoms with Crippen molar-refractivity contribution in [2.75, 3.05) is 20.7 Å². The molecule has 0 fully saturated rings. The van der Waals surface area contributed by atoms with Crippen molar-refractivity contribution in [3.05, 3.63) is 77.9 Å². The first-order valence-electron chi connectivity index (χ1n) is 8.30. The molecule has 0 saturated carbocycles. The van der Waals surface area contributed by atoms with Crippen LogP contribution in [-0.2, 0) is 9.59 Å². The zero-order chi connectivity index (χ0) is 20.2. The summed E-state index contributed by atoms with van der Waals surface area (Å²) in [5, 5.41) is 4.83. The number of amides is 2. The van der Waals surface area contributed by atoms with E-state index in [4.69, 9.17) is 4.74 Å². The molecule has 6 heteroatoms. The fraction of sp³-hybridized carbons (Fsp3) is 0.190. The van der Waals surface area contributed by atoms with E-state index in [1.165, 1.54) is 6.08 Å². The van der Waals surface area contributed by atoms with Crippen LogP contribution in [0.3, 0.4) is 0 Å². The van der Waals surface area contributed by atoms with Gasteiger partial charge in [-0.15, -0.1) is 0 Å². The maximum atomic E-state index is 12.3. The zero-order valence-corrected chi connectivity index (χ0v) is 15.7. The number of likely N-dealkylation sites (N-methyl/N-ethyl adjacent to an activating group) is 2. The van der Waals surface area contributed by atoms with E-state index in [1.54, 1.807) is 38.4 Å². The largest absolute Gasteiger partial charge is 0.484 e. The van der Waals surface area contributed by atoms with E-state index in [0.717, 1.165) is 5.56 Å². The van der Waals surface area contributed by atoms with Gasteiger partial charge in [0.15, 0.2) is 12.4 Å². The Morgan fingerprint density at radius 3 is 1.85 bits per heavy atom. The van der Waals surface area contributed by atoms with Gasteiger partial charge >= 0.3 is 0 Å². The van der Waals surface area contributed by atoms with Crippen LogP contribution < -0.4 is 15.4 Å². The molecule has 0 aromatic heterocycles. The highest BCUT2D eigenvalue weighted by Crippen LogP contribution is 2.16. The highest BCUT2D eigenvalue weighted by molar-refractivity contribution is 6.09. The molecule has 27 heavy (non-hydrogen) atoms. The Balaban J connectivity index is 0.000000527. The molecule has 2 aromatic rings. The number of carbonyl (C=O) groups excluding carboxylic acids is 3. The molecule has 142 valence electrons. The average molecular weight is 368 g/mol. The number of hydrogen-bond acceptors (Lipinski definition) is 4. The number of rotatable bonds is 6. The van der Waals surface area contributed by atoms with Crippen LogP contribution in [-0.4, -0.2) is 38.3 Å². The van der Waals surface area contributed by atoms with Gasteiger partial charge in [0.05, 0.1) is 0 Å². The predicted molar refractivity (Wildman–Crippen MR) is 105 cm³/mol. The van der Waals surface area contributed by atoms with Crippen LogP contribution in [0.1, 0.15) is 21.5 Å². The molecule has 0 aliphatic rings. The molecule has 2 aromatic carbocycles. The molecule has 2 N–H and O–H groups in total. The third-order valence-electron chi connectivity index (χ3n) is 3.51. The fourth-order valence-corrected chi connectivity index (χ4v) is 1.90. The summed E-state index contributed by atoms with van der Waals surface area (Å²) in [4.78, 5) is 33.3. The van der Waals surface area contributed by atoms with E-state index >= 15 is 0 Å². The SMILES string of the molecule is C=CC(=O)NC.CNC(=O)COc1ccc(C(=O)c2ccc(C)cc2)cc1. The fourth-order valence-electron chi connectivity index (χ4n) is 1.90. The summed E-state index contributed by atoms with van der Waals surface area (Å²) in [5.41, 5.74) is 2.36. The first-order chi connectivity index (χ1) is 12.9. The molecule has 0 aliphatic carbocycles. The van der Waals surface area contributed by atoms with E-state index in [1.807, 2.05) is 31.2 Å². The van der Waals surface area contributed by atoms with Crippen molar-refractivity contribution in [1.29, 1.82) is 0 Å². The van der Waals surface area contributed by atoms with Crippen LogP contribution in [0.25, 0.3) is 0 Å². The smallest absolute Gasteiger partial charge is 0.257 e. The van der Waals surface area contributed by atoms with Crippen molar-refractivity contribution in [2.45, 2.75) is 6.92 Å². The maximum Gasteiger partial charge on any atom is 0.257 e. The molecule has 6 nitrogen and oxygen atoms in total. The molecular formula is C21H24N2O4. The van der Waals surface area contributed by atoms with Crippen LogP contribution in [0.2, 0.25) is 0 Å². The molecule has 2 amide bonds. The first-order valence-corrected chi connectivity index (χ1v) is 8.30. The van der Waals surface area contributed by atoms with Crippen LogP contribution in [0.15, 0.2) is 61.2 Å². The second-order valence-electron chi connectivity index (χ2n) is 5.50. The monoisotopic (exact) mass is 368 g/mol. The van der Waals surface area contributed by atoms with Gasteiger partial charge in [0.2, 0.25) is 5.91 Å². The predicted octanol–water partition coefficient (Wildman–Crippen LogP) is 2.27. The molecule has 2 rings (SSSR count). The number of aryl methyl sites for hydroxylation is 1. The van der Waals surface area contributed by atoms with Crippen LogP contribution in [0.5, 0.6) is 5.75 Å². The van der Waals surface area contributed by atoms with Gasteiger partial charge in [-0.25, -0.2) is 0 Å². The minimum Gasteiger partial charge on any atom is -0.484 e. The normalized spacial score (nSPS) is 9.30. The Hall–Kier alpha value is -3.41. The van der Waals surface area contributed by atoms with Crippen LogP contribution in [0.4, 0.5) is 0 Å². The zero-order valence-electron chi connectivity index (χ0n) is 15.7. The number of carbonyl (C=O) groups is 3. The van der Waals surface area contributed by atoms with E-state index in [0.29, 0.717) is 16.9 Å². The van der Waals surface area contributed by atoms with Gasteiger partial charge in [-0.1, -0.05) is 36.4 Å². The van der Waals surface area contributed by atoms with E-state index in [9.17, 15) is 14.4 Å². The summed E-state index contributed by atoms with van der Waals surface area (Å²) in [6, 6.07) is 14.2. The summed E-state index contributed by atoms with van der Waals surface area (Å²) >= 11 is 0. The highest BCUT2D eigenvalue weighted by atomic mass is 16.5. The van der Waals surface area contributed by atoms with Gasteiger partial charge in [-0.05, 0) is 37.3 Å². The molecule has 0 aliphatic heterocycles. The molecule has 0 saturated heterocycles. The van der Waals surface area contributed by atoms with Crippen molar-refractivity contribution in [2.24, 2.45) is 0 Å². The van der Waals surface area contributed by atoms with E-state index in [2.05, 4.69) is 17.2 Å². The second kappa shape index (κ2) is 11.3. The lowest BCUT2D eigenvalue weighted by atomic mass is 10.0. The lowest BCUT2D eigenvalue weighted by molar-refractivity contribution is -0.122. The lowest BCUT2D eigenvalue weighted by Crippen LogP contribution is -2.24. The molecule has 0 radical (unpaired) electrons. The average Bonchev–Trinajstić information content (AvgIpc) is 2.72. The minimum absolute atomic E-state index is 0.0344. The third-order valence-corrected chi connectivity index (χ3v) is 3.51. The third kappa shape index (κ3) is 7.56. The quantitative estimate of drug-likeness (QED) is 0.605.